The number of benzene rings is 2. The van der Waals surface area contributed by atoms with Crippen molar-refractivity contribution >= 4 is 44.6 Å². The lowest BCUT2D eigenvalue weighted by molar-refractivity contribution is -0.116. The number of nitrogens with zero attached hydrogens (tertiary/aromatic N) is 1. The molecule has 0 atom stereocenters. The molecule has 0 aromatic heterocycles. The Hall–Kier alpha value is -1.56. The van der Waals surface area contributed by atoms with Crippen LogP contribution in [0.2, 0.25) is 10.0 Å². The first-order valence-corrected chi connectivity index (χ1v) is 9.96. The van der Waals surface area contributed by atoms with Gasteiger partial charge in [-0.3, -0.25) is 4.79 Å². The highest BCUT2D eigenvalue weighted by atomic mass is 35.5. The molecule has 3 rings (SSSR count). The van der Waals surface area contributed by atoms with Crippen molar-refractivity contribution in [2.45, 2.75) is 12.2 Å². The van der Waals surface area contributed by atoms with Gasteiger partial charge in [-0.1, -0.05) is 47.5 Å². The zero-order chi connectivity index (χ0) is 17.3. The van der Waals surface area contributed by atoms with Crippen LogP contribution >= 0.6 is 23.2 Å². The van der Waals surface area contributed by atoms with E-state index in [1.54, 1.807) is 12.1 Å². The molecular formula is C17H15Cl2NO3S. The minimum atomic E-state index is -3.63. The van der Waals surface area contributed by atoms with Gasteiger partial charge in [0.15, 0.2) is 9.84 Å². The lowest BCUT2D eigenvalue weighted by Gasteiger charge is -2.17. The number of para-hydroxylation sites is 1. The molecule has 126 valence electrons. The van der Waals surface area contributed by atoms with Gasteiger partial charge in [-0.15, -0.1) is 0 Å². The maximum Gasteiger partial charge on any atom is 0.242 e. The van der Waals surface area contributed by atoms with E-state index >= 15 is 0 Å². The summed E-state index contributed by atoms with van der Waals surface area (Å²) in [5.74, 6) is -1.24. The van der Waals surface area contributed by atoms with Gasteiger partial charge >= 0.3 is 0 Å². The predicted molar refractivity (Wildman–Crippen MR) is 96.5 cm³/mol. The van der Waals surface area contributed by atoms with E-state index in [0.29, 0.717) is 17.1 Å². The second-order valence-electron chi connectivity index (χ2n) is 5.69. The number of halogens is 2. The summed E-state index contributed by atoms with van der Waals surface area (Å²) in [6.45, 7) is 0.509. The molecule has 1 aliphatic heterocycles. The van der Waals surface area contributed by atoms with E-state index in [1.807, 2.05) is 24.3 Å². The molecule has 4 nitrogen and oxygen atoms in total. The summed E-state index contributed by atoms with van der Waals surface area (Å²) in [5.41, 5.74) is 2.29. The quantitative estimate of drug-likeness (QED) is 0.811. The third-order valence-corrected chi connectivity index (χ3v) is 5.95. The van der Waals surface area contributed by atoms with E-state index in [0.717, 1.165) is 17.7 Å². The molecular weight excluding hydrogens is 369 g/mol. The lowest BCUT2D eigenvalue weighted by Crippen LogP contribution is -2.34. The maximum absolute atomic E-state index is 12.4. The molecule has 1 heterocycles. The Bertz CT molecular complexity index is 896. The van der Waals surface area contributed by atoms with Crippen molar-refractivity contribution in [3.05, 3.63) is 63.6 Å². The highest BCUT2D eigenvalue weighted by Gasteiger charge is 2.28. The third-order valence-electron chi connectivity index (χ3n) is 3.92. The Morgan fingerprint density at radius 2 is 1.88 bits per heavy atom. The van der Waals surface area contributed by atoms with Crippen molar-refractivity contribution in [2.75, 3.05) is 17.2 Å². The van der Waals surface area contributed by atoms with Crippen LogP contribution < -0.4 is 4.90 Å². The number of carbonyl (C=O) groups excluding carboxylic acids is 1. The Morgan fingerprint density at radius 3 is 2.62 bits per heavy atom. The third kappa shape index (κ3) is 3.74. The Morgan fingerprint density at radius 1 is 1.12 bits per heavy atom. The van der Waals surface area contributed by atoms with Crippen LogP contribution in [0.15, 0.2) is 42.5 Å². The first kappa shape index (κ1) is 17.3. The molecule has 0 aliphatic carbocycles. The molecule has 7 heteroatoms. The van der Waals surface area contributed by atoms with Gasteiger partial charge in [0, 0.05) is 22.3 Å². The number of carbonyl (C=O) groups is 1. The SMILES string of the molecule is O=C(CS(=O)(=O)Cc1ccc(Cl)cc1Cl)N1CCc2ccccc21. The molecule has 0 bridgehead atoms. The first-order valence-electron chi connectivity index (χ1n) is 7.38. The van der Waals surface area contributed by atoms with Crippen LogP contribution in [-0.4, -0.2) is 26.6 Å². The minimum absolute atomic E-state index is 0.282. The van der Waals surface area contributed by atoms with E-state index in [-0.39, 0.29) is 10.8 Å². The molecule has 2 aromatic carbocycles. The molecule has 0 N–H and O–H groups in total. The van der Waals surface area contributed by atoms with Crippen molar-refractivity contribution < 1.29 is 13.2 Å². The van der Waals surface area contributed by atoms with Gasteiger partial charge in [0.2, 0.25) is 5.91 Å². The van der Waals surface area contributed by atoms with E-state index in [1.165, 1.54) is 11.0 Å². The van der Waals surface area contributed by atoms with E-state index in [9.17, 15) is 13.2 Å². The predicted octanol–water partition coefficient (Wildman–Crippen LogP) is 3.50. The van der Waals surface area contributed by atoms with E-state index in [2.05, 4.69) is 0 Å². The summed E-state index contributed by atoms with van der Waals surface area (Å²) < 4.78 is 24.8. The molecule has 24 heavy (non-hydrogen) atoms. The van der Waals surface area contributed by atoms with Crippen molar-refractivity contribution in [3.8, 4) is 0 Å². The highest BCUT2D eigenvalue weighted by Crippen LogP contribution is 2.28. The molecule has 0 unspecified atom stereocenters. The zero-order valence-corrected chi connectivity index (χ0v) is 15.0. The van der Waals surface area contributed by atoms with Gasteiger partial charge in [0.05, 0.1) is 5.75 Å². The second-order valence-corrected chi connectivity index (χ2v) is 8.60. The number of anilines is 1. The first-order chi connectivity index (χ1) is 11.4. The Balaban J connectivity index is 1.74. The number of fused-ring (bicyclic) bond motifs is 1. The fourth-order valence-electron chi connectivity index (χ4n) is 2.79. The number of rotatable bonds is 4. The number of sulfone groups is 1. The molecule has 0 radical (unpaired) electrons. The fourth-order valence-corrected chi connectivity index (χ4v) is 4.70. The van der Waals surface area contributed by atoms with Gasteiger partial charge in [0.25, 0.3) is 0 Å². The maximum atomic E-state index is 12.4. The fraction of sp³-hybridized carbons (Fsp3) is 0.235. The smallest absolute Gasteiger partial charge is 0.242 e. The Labute approximate surface area is 150 Å². The van der Waals surface area contributed by atoms with Crippen LogP contribution in [0, 0.1) is 0 Å². The highest BCUT2D eigenvalue weighted by molar-refractivity contribution is 7.91. The summed E-state index contributed by atoms with van der Waals surface area (Å²) in [4.78, 5) is 14.0. The summed E-state index contributed by atoms with van der Waals surface area (Å²) in [6, 6.07) is 12.2. The Kier molecular flexibility index (Phi) is 4.85. The van der Waals surface area contributed by atoms with Crippen LogP contribution in [-0.2, 0) is 26.8 Å². The van der Waals surface area contributed by atoms with Crippen LogP contribution in [0.1, 0.15) is 11.1 Å². The molecule has 0 saturated carbocycles. The molecule has 1 amide bonds. The van der Waals surface area contributed by atoms with Crippen molar-refractivity contribution in [1.82, 2.24) is 0 Å². The minimum Gasteiger partial charge on any atom is -0.311 e. The summed E-state index contributed by atoms with van der Waals surface area (Å²) in [6.07, 6.45) is 0.741. The normalized spacial score (nSPS) is 13.8. The van der Waals surface area contributed by atoms with Gasteiger partial charge in [-0.2, -0.15) is 0 Å². The number of amides is 1. The number of hydrogen-bond donors (Lipinski definition) is 0. The second kappa shape index (κ2) is 6.75. The molecule has 0 fully saturated rings. The van der Waals surface area contributed by atoms with Gasteiger partial charge < -0.3 is 4.90 Å². The summed E-state index contributed by atoms with van der Waals surface area (Å²) in [5, 5.41) is 0.718. The molecule has 0 saturated heterocycles. The van der Waals surface area contributed by atoms with Crippen LogP contribution in [0.3, 0.4) is 0 Å². The van der Waals surface area contributed by atoms with Gasteiger partial charge in [-0.25, -0.2) is 8.42 Å². The molecule has 0 spiro atoms. The average Bonchev–Trinajstić information content (AvgIpc) is 2.94. The summed E-state index contributed by atoms with van der Waals surface area (Å²) >= 11 is 11.8. The van der Waals surface area contributed by atoms with Crippen molar-refractivity contribution in [2.24, 2.45) is 0 Å². The van der Waals surface area contributed by atoms with Crippen LogP contribution in [0.4, 0.5) is 5.69 Å². The monoisotopic (exact) mass is 383 g/mol. The van der Waals surface area contributed by atoms with Gasteiger partial charge in [-0.05, 0) is 35.7 Å². The topological polar surface area (TPSA) is 54.5 Å². The van der Waals surface area contributed by atoms with Crippen LogP contribution in [0.25, 0.3) is 0 Å². The summed E-state index contributed by atoms with van der Waals surface area (Å²) in [7, 11) is -3.63. The average molecular weight is 384 g/mol. The van der Waals surface area contributed by atoms with Crippen molar-refractivity contribution in [3.63, 3.8) is 0 Å². The van der Waals surface area contributed by atoms with E-state index in [4.69, 9.17) is 23.2 Å². The standard InChI is InChI=1S/C17H15Cl2NO3S/c18-14-6-5-13(15(19)9-14)10-24(22,23)11-17(21)20-8-7-12-3-1-2-4-16(12)20/h1-6,9H,7-8,10-11H2. The zero-order valence-electron chi connectivity index (χ0n) is 12.7. The van der Waals surface area contributed by atoms with E-state index < -0.39 is 21.5 Å². The number of hydrogen-bond acceptors (Lipinski definition) is 3. The largest absolute Gasteiger partial charge is 0.311 e. The molecule has 1 aliphatic rings. The van der Waals surface area contributed by atoms with Crippen LogP contribution in [0.5, 0.6) is 0 Å². The lowest BCUT2D eigenvalue weighted by atomic mass is 10.2. The molecule has 2 aromatic rings. The van der Waals surface area contributed by atoms with Crippen molar-refractivity contribution in [1.29, 1.82) is 0 Å². The van der Waals surface area contributed by atoms with Gasteiger partial charge in [0.1, 0.15) is 5.75 Å².